The van der Waals surface area contributed by atoms with Gasteiger partial charge in [0.05, 0.1) is 5.75 Å². The lowest BCUT2D eigenvalue weighted by molar-refractivity contribution is -0.128. The third kappa shape index (κ3) is 4.58. The summed E-state index contributed by atoms with van der Waals surface area (Å²) in [6.45, 7) is 10.5. The maximum absolute atomic E-state index is 12.6. The molecule has 0 atom stereocenters. The maximum Gasteiger partial charge on any atom is 0.233 e. The smallest absolute Gasteiger partial charge is 0.233 e. The number of carbonyl (C=O) groups excluding carboxylic acids is 1. The molecule has 0 saturated carbocycles. The predicted octanol–water partition coefficient (Wildman–Crippen LogP) is 2.68. The maximum atomic E-state index is 12.6. The van der Waals surface area contributed by atoms with Crippen LogP contribution in [0, 0.1) is 12.8 Å². The molecule has 1 fully saturated rings. The van der Waals surface area contributed by atoms with Crippen molar-refractivity contribution >= 4 is 23.4 Å². The number of amides is 1. The van der Waals surface area contributed by atoms with E-state index in [1.165, 1.54) is 17.4 Å². The van der Waals surface area contributed by atoms with Gasteiger partial charge >= 0.3 is 0 Å². The summed E-state index contributed by atoms with van der Waals surface area (Å²) in [5.74, 6) is 2.03. The number of rotatable bonds is 6. The lowest BCUT2D eigenvalue weighted by atomic mass is 10.2. The van der Waals surface area contributed by atoms with Crippen LogP contribution in [0.15, 0.2) is 35.5 Å². The number of hydrogen-bond donors (Lipinski definition) is 0. The van der Waals surface area contributed by atoms with Crippen LogP contribution in [0.1, 0.15) is 19.7 Å². The summed E-state index contributed by atoms with van der Waals surface area (Å²) in [5, 5.41) is 9.24. The molecule has 0 unspecified atom stereocenters. The van der Waals surface area contributed by atoms with Gasteiger partial charge < -0.3 is 14.4 Å². The zero-order chi connectivity index (χ0) is 18.5. The van der Waals surface area contributed by atoms with Gasteiger partial charge in [0.1, 0.15) is 5.82 Å². The van der Waals surface area contributed by atoms with Crippen LogP contribution in [0.5, 0.6) is 0 Å². The van der Waals surface area contributed by atoms with Gasteiger partial charge in [-0.05, 0) is 25.0 Å². The summed E-state index contributed by atoms with van der Waals surface area (Å²) >= 11 is 1.49. The van der Waals surface area contributed by atoms with Gasteiger partial charge in [0.15, 0.2) is 5.16 Å². The van der Waals surface area contributed by atoms with Crippen LogP contribution < -0.4 is 4.90 Å². The molecule has 0 N–H and O–H groups in total. The van der Waals surface area contributed by atoms with E-state index in [1.54, 1.807) is 0 Å². The summed E-state index contributed by atoms with van der Waals surface area (Å²) in [4.78, 5) is 16.9. The number of benzene rings is 1. The highest BCUT2D eigenvalue weighted by molar-refractivity contribution is 7.99. The van der Waals surface area contributed by atoms with Crippen molar-refractivity contribution in [2.75, 3.05) is 36.8 Å². The first kappa shape index (κ1) is 18.8. The number of para-hydroxylation sites is 1. The quantitative estimate of drug-likeness (QED) is 0.729. The van der Waals surface area contributed by atoms with Crippen molar-refractivity contribution in [3.63, 3.8) is 0 Å². The van der Waals surface area contributed by atoms with Crippen LogP contribution in [-0.4, -0.2) is 57.5 Å². The van der Waals surface area contributed by atoms with Crippen molar-refractivity contribution in [2.24, 2.45) is 5.92 Å². The minimum absolute atomic E-state index is 0.180. The fraction of sp³-hybridized carbons (Fsp3) is 0.526. The van der Waals surface area contributed by atoms with Crippen LogP contribution in [0.25, 0.3) is 0 Å². The molecule has 2 heterocycles. The largest absolute Gasteiger partial charge is 0.368 e. The van der Waals surface area contributed by atoms with Crippen molar-refractivity contribution in [1.29, 1.82) is 0 Å². The first-order valence-electron chi connectivity index (χ1n) is 9.15. The third-order valence-corrected chi connectivity index (χ3v) is 5.48. The number of piperazine rings is 1. The van der Waals surface area contributed by atoms with Gasteiger partial charge in [-0.15, -0.1) is 10.2 Å². The molecule has 7 heteroatoms. The van der Waals surface area contributed by atoms with Gasteiger partial charge in [0.25, 0.3) is 0 Å². The van der Waals surface area contributed by atoms with E-state index in [2.05, 4.69) is 57.8 Å². The number of aryl methyl sites for hydroxylation is 1. The molecule has 1 aliphatic heterocycles. The number of anilines is 1. The average Bonchev–Trinajstić information content (AvgIpc) is 3.00. The summed E-state index contributed by atoms with van der Waals surface area (Å²) in [7, 11) is 0. The molecule has 2 aromatic rings. The second-order valence-corrected chi connectivity index (χ2v) is 7.97. The normalized spacial score (nSPS) is 14.9. The van der Waals surface area contributed by atoms with Crippen molar-refractivity contribution < 1.29 is 4.79 Å². The van der Waals surface area contributed by atoms with Crippen molar-refractivity contribution in [2.45, 2.75) is 32.5 Å². The van der Waals surface area contributed by atoms with Crippen LogP contribution in [-0.2, 0) is 11.3 Å². The van der Waals surface area contributed by atoms with Crippen molar-refractivity contribution in [1.82, 2.24) is 19.7 Å². The minimum atomic E-state index is 0.180. The third-order valence-electron chi connectivity index (χ3n) is 4.53. The Labute approximate surface area is 159 Å². The molecular weight excluding hydrogens is 346 g/mol. The summed E-state index contributed by atoms with van der Waals surface area (Å²) in [6.07, 6.45) is 0. The van der Waals surface area contributed by atoms with Gasteiger partial charge in [-0.25, -0.2) is 0 Å². The first-order valence-corrected chi connectivity index (χ1v) is 10.1. The van der Waals surface area contributed by atoms with E-state index in [9.17, 15) is 4.79 Å². The Bertz CT molecular complexity index is 723. The SMILES string of the molecule is Cc1nnc(SCC(=O)N2CCN(c3ccccc3)CC2)n1CC(C)C. The Morgan fingerprint density at radius 3 is 2.46 bits per heavy atom. The van der Waals surface area contributed by atoms with E-state index in [1.807, 2.05) is 17.9 Å². The van der Waals surface area contributed by atoms with Gasteiger partial charge in [0.2, 0.25) is 5.91 Å². The number of carbonyl (C=O) groups is 1. The van der Waals surface area contributed by atoms with Crippen LogP contribution in [0.4, 0.5) is 5.69 Å². The molecule has 0 bridgehead atoms. The monoisotopic (exact) mass is 373 g/mol. The fourth-order valence-electron chi connectivity index (χ4n) is 3.11. The van der Waals surface area contributed by atoms with E-state index < -0.39 is 0 Å². The van der Waals surface area contributed by atoms with E-state index in [0.717, 1.165) is 43.7 Å². The number of hydrogen-bond acceptors (Lipinski definition) is 5. The molecule has 0 spiro atoms. The standard InChI is InChI=1S/C19H27N5OS/c1-15(2)13-24-16(3)20-21-19(24)26-14-18(25)23-11-9-22(10-12-23)17-7-5-4-6-8-17/h4-8,15H,9-14H2,1-3H3. The lowest BCUT2D eigenvalue weighted by Crippen LogP contribution is -2.49. The molecule has 3 rings (SSSR count). The first-order chi connectivity index (χ1) is 12.5. The van der Waals surface area contributed by atoms with Crippen LogP contribution in [0.3, 0.4) is 0 Å². The highest BCUT2D eigenvalue weighted by Gasteiger charge is 2.22. The molecule has 0 radical (unpaired) electrons. The number of thioether (sulfide) groups is 1. The second-order valence-electron chi connectivity index (χ2n) is 7.03. The Morgan fingerprint density at radius 2 is 1.81 bits per heavy atom. The highest BCUT2D eigenvalue weighted by atomic mass is 32.2. The molecular formula is C19H27N5OS. The molecule has 1 aromatic heterocycles. The summed E-state index contributed by atoms with van der Waals surface area (Å²) in [5.41, 5.74) is 1.23. The molecule has 26 heavy (non-hydrogen) atoms. The molecule has 0 aliphatic carbocycles. The Kier molecular flexibility index (Phi) is 6.19. The number of aromatic nitrogens is 3. The van der Waals surface area contributed by atoms with Crippen molar-refractivity contribution in [3.8, 4) is 0 Å². The molecule has 6 nitrogen and oxygen atoms in total. The molecule has 1 amide bonds. The zero-order valence-corrected chi connectivity index (χ0v) is 16.6. The van der Waals surface area contributed by atoms with Crippen LogP contribution in [0.2, 0.25) is 0 Å². The van der Waals surface area contributed by atoms with E-state index in [-0.39, 0.29) is 5.91 Å². The summed E-state index contributed by atoms with van der Waals surface area (Å²) < 4.78 is 2.11. The molecule has 140 valence electrons. The van der Waals surface area contributed by atoms with E-state index in [0.29, 0.717) is 11.7 Å². The predicted molar refractivity (Wildman–Crippen MR) is 106 cm³/mol. The zero-order valence-electron chi connectivity index (χ0n) is 15.8. The van der Waals surface area contributed by atoms with E-state index >= 15 is 0 Å². The van der Waals surface area contributed by atoms with Crippen molar-refractivity contribution in [3.05, 3.63) is 36.2 Å². The van der Waals surface area contributed by atoms with Crippen LogP contribution >= 0.6 is 11.8 Å². The Balaban J connectivity index is 1.51. The summed E-state index contributed by atoms with van der Waals surface area (Å²) in [6, 6.07) is 10.4. The topological polar surface area (TPSA) is 54.3 Å². The lowest BCUT2D eigenvalue weighted by Gasteiger charge is -2.36. The highest BCUT2D eigenvalue weighted by Crippen LogP contribution is 2.20. The minimum Gasteiger partial charge on any atom is -0.368 e. The molecule has 1 saturated heterocycles. The Hall–Kier alpha value is -2.02. The molecule has 1 aliphatic rings. The Morgan fingerprint density at radius 1 is 1.12 bits per heavy atom. The van der Waals surface area contributed by atoms with Gasteiger partial charge in [-0.2, -0.15) is 0 Å². The second kappa shape index (κ2) is 8.58. The van der Waals surface area contributed by atoms with Gasteiger partial charge in [-0.3, -0.25) is 4.79 Å². The number of nitrogens with zero attached hydrogens (tertiary/aromatic N) is 5. The van der Waals surface area contributed by atoms with E-state index in [4.69, 9.17) is 0 Å². The average molecular weight is 374 g/mol. The van der Waals surface area contributed by atoms with Gasteiger partial charge in [0, 0.05) is 38.4 Å². The van der Waals surface area contributed by atoms with Gasteiger partial charge in [-0.1, -0.05) is 43.8 Å². The molecule has 1 aromatic carbocycles. The fourth-order valence-corrected chi connectivity index (χ4v) is 4.01.